The van der Waals surface area contributed by atoms with E-state index in [1.807, 2.05) is 81.4 Å². The van der Waals surface area contributed by atoms with Gasteiger partial charge in [0.05, 0.1) is 17.0 Å². The number of pyridine rings is 2. The first-order valence-electron chi connectivity index (χ1n) is 11.4. The van der Waals surface area contributed by atoms with Gasteiger partial charge in [-0.3, -0.25) is 24.0 Å². The minimum absolute atomic E-state index is 0.0394. The van der Waals surface area contributed by atoms with Crippen molar-refractivity contribution >= 4 is 22.6 Å². The SMILES string of the molecule is Cc1ccc(-n2c(=N)c(C(=O)NC(C)c3ccccc3)cc3c(=O)n4cc(C)ccc4nc32)cc1. The normalized spacial score (nSPS) is 12.1. The molecular weight excluding hydrogens is 438 g/mol. The Morgan fingerprint density at radius 1 is 0.971 bits per heavy atom. The fraction of sp³-hybridized carbons (Fsp3) is 0.143. The molecule has 1 amide bonds. The molecule has 3 heterocycles. The number of hydrogen-bond donors (Lipinski definition) is 2. The average Bonchev–Trinajstić information content (AvgIpc) is 2.85. The number of nitrogens with one attached hydrogen (secondary N) is 2. The minimum Gasteiger partial charge on any atom is -0.345 e. The highest BCUT2D eigenvalue weighted by Crippen LogP contribution is 2.17. The van der Waals surface area contributed by atoms with Crippen molar-refractivity contribution in [2.75, 3.05) is 0 Å². The molecule has 0 aliphatic carbocycles. The van der Waals surface area contributed by atoms with Crippen LogP contribution in [0.2, 0.25) is 0 Å². The largest absolute Gasteiger partial charge is 0.345 e. The lowest BCUT2D eigenvalue weighted by molar-refractivity contribution is 0.0937. The fourth-order valence-corrected chi connectivity index (χ4v) is 4.20. The first kappa shape index (κ1) is 22.3. The van der Waals surface area contributed by atoms with Crippen molar-refractivity contribution in [1.29, 1.82) is 5.41 Å². The number of aryl methyl sites for hydroxylation is 2. The summed E-state index contributed by atoms with van der Waals surface area (Å²) in [5.74, 6) is -0.428. The van der Waals surface area contributed by atoms with E-state index < -0.39 is 5.91 Å². The van der Waals surface area contributed by atoms with Gasteiger partial charge in [0, 0.05) is 11.9 Å². The van der Waals surface area contributed by atoms with E-state index in [-0.39, 0.29) is 28.0 Å². The molecule has 0 aliphatic heterocycles. The summed E-state index contributed by atoms with van der Waals surface area (Å²) in [6, 6.07) is 22.1. The maximum Gasteiger partial charge on any atom is 0.267 e. The summed E-state index contributed by atoms with van der Waals surface area (Å²) in [6.45, 7) is 5.77. The predicted octanol–water partition coefficient (Wildman–Crippen LogP) is 4.23. The third-order valence-electron chi connectivity index (χ3n) is 6.15. The van der Waals surface area contributed by atoms with Crippen molar-refractivity contribution in [3.05, 3.63) is 117 Å². The molecule has 0 saturated heterocycles. The van der Waals surface area contributed by atoms with Gasteiger partial charge in [-0.1, -0.05) is 54.1 Å². The Labute approximate surface area is 201 Å². The van der Waals surface area contributed by atoms with E-state index in [1.54, 1.807) is 16.8 Å². The van der Waals surface area contributed by atoms with Crippen molar-refractivity contribution in [1.82, 2.24) is 19.3 Å². The van der Waals surface area contributed by atoms with Crippen molar-refractivity contribution in [2.45, 2.75) is 26.8 Å². The molecule has 5 rings (SSSR count). The quantitative estimate of drug-likeness (QED) is 0.391. The highest BCUT2D eigenvalue weighted by atomic mass is 16.2. The molecule has 5 aromatic rings. The minimum atomic E-state index is -0.428. The van der Waals surface area contributed by atoms with Crippen LogP contribution < -0.4 is 16.4 Å². The Bertz CT molecular complexity index is 1700. The van der Waals surface area contributed by atoms with Crippen LogP contribution in [-0.2, 0) is 0 Å². The highest BCUT2D eigenvalue weighted by Gasteiger charge is 2.20. The second-order valence-electron chi connectivity index (χ2n) is 8.77. The molecule has 0 fully saturated rings. The zero-order chi connectivity index (χ0) is 24.7. The number of hydrogen-bond acceptors (Lipinski definition) is 4. The van der Waals surface area contributed by atoms with Gasteiger partial charge < -0.3 is 5.32 Å². The van der Waals surface area contributed by atoms with Crippen molar-refractivity contribution < 1.29 is 4.79 Å². The van der Waals surface area contributed by atoms with Gasteiger partial charge in [0.1, 0.15) is 11.1 Å². The summed E-state index contributed by atoms with van der Waals surface area (Å²) in [7, 11) is 0. The van der Waals surface area contributed by atoms with E-state index in [9.17, 15) is 9.59 Å². The van der Waals surface area contributed by atoms with Gasteiger partial charge in [-0.05, 0) is 56.2 Å². The lowest BCUT2D eigenvalue weighted by Gasteiger charge is -2.17. The van der Waals surface area contributed by atoms with Crippen LogP contribution >= 0.6 is 0 Å². The average molecular weight is 464 g/mol. The lowest BCUT2D eigenvalue weighted by atomic mass is 10.1. The van der Waals surface area contributed by atoms with Gasteiger partial charge in [-0.25, -0.2) is 4.98 Å². The van der Waals surface area contributed by atoms with Crippen LogP contribution in [0.25, 0.3) is 22.4 Å². The van der Waals surface area contributed by atoms with E-state index in [2.05, 4.69) is 5.32 Å². The first-order chi connectivity index (χ1) is 16.8. The Morgan fingerprint density at radius 2 is 1.66 bits per heavy atom. The van der Waals surface area contributed by atoms with E-state index in [1.165, 1.54) is 10.5 Å². The summed E-state index contributed by atoms with van der Waals surface area (Å²) in [6.07, 6.45) is 1.73. The number of rotatable bonds is 4. The molecule has 3 aromatic heterocycles. The topological polar surface area (TPSA) is 92.2 Å². The molecule has 0 spiro atoms. The molecule has 7 heteroatoms. The van der Waals surface area contributed by atoms with Crippen LogP contribution in [0.3, 0.4) is 0 Å². The molecule has 0 radical (unpaired) electrons. The Kier molecular flexibility index (Phi) is 5.53. The summed E-state index contributed by atoms with van der Waals surface area (Å²) in [5.41, 5.74) is 4.16. The Hall–Kier alpha value is -4.52. The van der Waals surface area contributed by atoms with E-state index in [0.29, 0.717) is 17.0 Å². The molecule has 35 heavy (non-hydrogen) atoms. The predicted molar refractivity (Wildman–Crippen MR) is 136 cm³/mol. The number of fused-ring (bicyclic) bond motifs is 2. The maximum absolute atomic E-state index is 13.5. The summed E-state index contributed by atoms with van der Waals surface area (Å²) >= 11 is 0. The van der Waals surface area contributed by atoms with Crippen LogP contribution in [0.4, 0.5) is 0 Å². The summed E-state index contributed by atoms with van der Waals surface area (Å²) in [4.78, 5) is 31.6. The second kappa shape index (κ2) is 8.68. The Morgan fingerprint density at radius 3 is 2.37 bits per heavy atom. The summed E-state index contributed by atoms with van der Waals surface area (Å²) < 4.78 is 3.05. The molecule has 1 unspecified atom stereocenters. The third-order valence-corrected chi connectivity index (χ3v) is 6.15. The summed E-state index contributed by atoms with van der Waals surface area (Å²) in [5, 5.41) is 12.2. The van der Waals surface area contributed by atoms with Gasteiger partial charge in [0.2, 0.25) is 0 Å². The maximum atomic E-state index is 13.5. The lowest BCUT2D eigenvalue weighted by Crippen LogP contribution is -2.35. The number of benzene rings is 2. The molecule has 0 bridgehead atoms. The molecule has 2 aromatic carbocycles. The molecule has 174 valence electrons. The van der Waals surface area contributed by atoms with Gasteiger partial charge in [-0.15, -0.1) is 0 Å². The van der Waals surface area contributed by atoms with Crippen molar-refractivity contribution in [2.24, 2.45) is 0 Å². The second-order valence-corrected chi connectivity index (χ2v) is 8.77. The monoisotopic (exact) mass is 463 g/mol. The van der Waals surface area contributed by atoms with Crippen molar-refractivity contribution in [3.8, 4) is 5.69 Å². The van der Waals surface area contributed by atoms with Gasteiger partial charge in [0.25, 0.3) is 11.5 Å². The number of nitrogens with zero attached hydrogens (tertiary/aromatic N) is 3. The van der Waals surface area contributed by atoms with Gasteiger partial charge in [0.15, 0.2) is 5.65 Å². The third kappa shape index (κ3) is 4.01. The smallest absolute Gasteiger partial charge is 0.267 e. The molecule has 2 N–H and O–H groups in total. The molecule has 7 nitrogen and oxygen atoms in total. The zero-order valence-corrected chi connectivity index (χ0v) is 19.7. The fourth-order valence-electron chi connectivity index (χ4n) is 4.20. The molecule has 0 saturated carbocycles. The zero-order valence-electron chi connectivity index (χ0n) is 19.7. The van der Waals surface area contributed by atoms with E-state index >= 15 is 0 Å². The van der Waals surface area contributed by atoms with Crippen LogP contribution in [0.15, 0.2) is 83.8 Å². The number of aromatic nitrogens is 3. The Balaban J connectivity index is 1.76. The van der Waals surface area contributed by atoms with Gasteiger partial charge >= 0.3 is 0 Å². The number of carbonyl (C=O) groups is 1. The first-order valence-corrected chi connectivity index (χ1v) is 11.4. The highest BCUT2D eigenvalue weighted by molar-refractivity contribution is 5.97. The number of carbonyl (C=O) groups excluding carboxylic acids is 1. The van der Waals surface area contributed by atoms with Crippen LogP contribution in [0.1, 0.15) is 40.0 Å². The van der Waals surface area contributed by atoms with E-state index in [4.69, 9.17) is 10.4 Å². The molecule has 0 aliphatic rings. The molecule has 1 atom stereocenters. The van der Waals surface area contributed by atoms with Crippen LogP contribution in [-0.4, -0.2) is 19.9 Å². The number of amides is 1. The molecular formula is C28H25N5O2. The van der Waals surface area contributed by atoms with E-state index in [0.717, 1.165) is 16.7 Å². The standard InChI is InChI=1S/C28H25N5O2/c1-17-9-12-21(13-10-17)33-25(29)22(27(34)30-19(3)20-7-5-4-6-8-20)15-23-26(33)31-24-14-11-18(2)16-32(24)28(23)35/h4-16,19,29H,1-3H3,(H,30,34). The van der Waals surface area contributed by atoms with Crippen molar-refractivity contribution in [3.63, 3.8) is 0 Å². The van der Waals surface area contributed by atoms with Gasteiger partial charge in [-0.2, -0.15) is 0 Å². The van der Waals surface area contributed by atoms with Crippen LogP contribution in [0, 0.1) is 19.3 Å². The van der Waals surface area contributed by atoms with Crippen LogP contribution in [0.5, 0.6) is 0 Å².